The first-order valence-electron chi connectivity index (χ1n) is 8.43. The number of nitrogens with one attached hydrogen (secondary N) is 1. The van der Waals surface area contributed by atoms with Gasteiger partial charge in [0.2, 0.25) is 5.89 Å². The highest BCUT2D eigenvalue weighted by Gasteiger charge is 2.22. The Kier molecular flexibility index (Phi) is 5.40. The van der Waals surface area contributed by atoms with Gasteiger partial charge in [-0.05, 0) is 32.3 Å². The van der Waals surface area contributed by atoms with Crippen molar-refractivity contribution in [1.82, 2.24) is 15.5 Å². The maximum absolute atomic E-state index is 11.1. The van der Waals surface area contributed by atoms with E-state index in [-0.39, 0.29) is 22.6 Å². The molecule has 8 nitrogen and oxygen atoms in total. The molecule has 0 saturated carbocycles. The van der Waals surface area contributed by atoms with Crippen LogP contribution in [0.3, 0.4) is 0 Å². The standard InChI is InChI=1S/C17H22N4O4/c1-11-3-4-14(9-15(11)21(22)23)12(2)18-10-16-19-17(25-20-16)13-5-7-24-8-6-13/h3-4,9,12-13,18H,5-8,10H2,1-2H3/t12-/m1/s1. The van der Waals surface area contributed by atoms with Crippen molar-refractivity contribution < 1.29 is 14.2 Å². The molecule has 0 unspecified atom stereocenters. The van der Waals surface area contributed by atoms with Gasteiger partial charge in [0.25, 0.3) is 5.69 Å². The summed E-state index contributed by atoms with van der Waals surface area (Å²) in [5, 5.41) is 18.4. The van der Waals surface area contributed by atoms with Crippen molar-refractivity contribution in [2.24, 2.45) is 0 Å². The van der Waals surface area contributed by atoms with Crippen LogP contribution in [0.2, 0.25) is 0 Å². The number of nitrogens with zero attached hydrogens (tertiary/aromatic N) is 3. The van der Waals surface area contributed by atoms with Gasteiger partial charge in [-0.3, -0.25) is 10.1 Å². The molecule has 0 amide bonds. The van der Waals surface area contributed by atoms with Crippen LogP contribution in [0.1, 0.15) is 54.6 Å². The van der Waals surface area contributed by atoms with E-state index in [1.807, 2.05) is 13.0 Å². The number of rotatable bonds is 6. The number of aryl methyl sites for hydroxylation is 1. The molecule has 25 heavy (non-hydrogen) atoms. The zero-order chi connectivity index (χ0) is 17.8. The first-order valence-corrected chi connectivity index (χ1v) is 8.43. The van der Waals surface area contributed by atoms with E-state index in [0.717, 1.165) is 31.6 Å². The van der Waals surface area contributed by atoms with Crippen LogP contribution in [0.5, 0.6) is 0 Å². The SMILES string of the molecule is Cc1ccc([C@@H](C)NCc2noc(C3CCOCC3)n2)cc1[N+](=O)[O-]. The molecule has 3 rings (SSSR count). The molecule has 0 radical (unpaired) electrons. The van der Waals surface area contributed by atoms with E-state index in [1.54, 1.807) is 19.1 Å². The van der Waals surface area contributed by atoms with Crippen molar-refractivity contribution in [3.63, 3.8) is 0 Å². The summed E-state index contributed by atoms with van der Waals surface area (Å²) in [5.74, 6) is 1.53. The molecule has 1 N–H and O–H groups in total. The maximum Gasteiger partial charge on any atom is 0.272 e. The predicted molar refractivity (Wildman–Crippen MR) is 90.2 cm³/mol. The van der Waals surface area contributed by atoms with Gasteiger partial charge in [0.15, 0.2) is 5.82 Å². The lowest BCUT2D eigenvalue weighted by atomic mass is 10.0. The molecule has 1 fully saturated rings. The van der Waals surface area contributed by atoms with E-state index < -0.39 is 0 Å². The van der Waals surface area contributed by atoms with E-state index in [4.69, 9.17) is 9.26 Å². The Morgan fingerprint density at radius 3 is 2.88 bits per heavy atom. The maximum atomic E-state index is 11.1. The molecule has 2 aromatic rings. The number of hydrogen-bond acceptors (Lipinski definition) is 7. The van der Waals surface area contributed by atoms with Crippen LogP contribution in [0.15, 0.2) is 22.7 Å². The van der Waals surface area contributed by atoms with Gasteiger partial charge in [0.05, 0.1) is 11.5 Å². The third-order valence-electron chi connectivity index (χ3n) is 4.55. The first kappa shape index (κ1) is 17.5. The Labute approximate surface area is 145 Å². The molecule has 0 bridgehead atoms. The van der Waals surface area contributed by atoms with E-state index in [9.17, 15) is 10.1 Å². The third-order valence-corrected chi connectivity index (χ3v) is 4.55. The lowest BCUT2D eigenvalue weighted by Crippen LogP contribution is -2.19. The number of nitro groups is 1. The summed E-state index contributed by atoms with van der Waals surface area (Å²) in [6, 6.07) is 5.20. The molecule has 1 aliphatic heterocycles. The van der Waals surface area contributed by atoms with Gasteiger partial charge < -0.3 is 14.6 Å². The summed E-state index contributed by atoms with van der Waals surface area (Å²) in [6.45, 7) is 5.58. The van der Waals surface area contributed by atoms with Crippen molar-refractivity contribution in [2.75, 3.05) is 13.2 Å². The summed E-state index contributed by atoms with van der Waals surface area (Å²) in [4.78, 5) is 15.2. The van der Waals surface area contributed by atoms with Gasteiger partial charge in [-0.15, -0.1) is 0 Å². The molecular formula is C17H22N4O4. The number of benzene rings is 1. The van der Waals surface area contributed by atoms with Crippen LogP contribution in [0, 0.1) is 17.0 Å². The van der Waals surface area contributed by atoms with Crippen molar-refractivity contribution >= 4 is 5.69 Å². The highest BCUT2D eigenvalue weighted by atomic mass is 16.6. The van der Waals surface area contributed by atoms with Crippen LogP contribution in [-0.2, 0) is 11.3 Å². The van der Waals surface area contributed by atoms with E-state index in [0.29, 0.717) is 23.8 Å². The summed E-state index contributed by atoms with van der Waals surface area (Å²) >= 11 is 0. The first-order chi connectivity index (χ1) is 12.0. The number of nitro benzene ring substituents is 1. The Bertz CT molecular complexity index is 740. The minimum Gasteiger partial charge on any atom is -0.381 e. The molecular weight excluding hydrogens is 324 g/mol. The monoisotopic (exact) mass is 346 g/mol. The Morgan fingerprint density at radius 2 is 2.16 bits per heavy atom. The summed E-state index contributed by atoms with van der Waals surface area (Å²) < 4.78 is 10.7. The Hall–Kier alpha value is -2.32. The van der Waals surface area contributed by atoms with Crippen LogP contribution >= 0.6 is 0 Å². The van der Waals surface area contributed by atoms with Crippen LogP contribution in [0.4, 0.5) is 5.69 Å². The van der Waals surface area contributed by atoms with E-state index in [1.165, 1.54) is 0 Å². The fourth-order valence-electron chi connectivity index (χ4n) is 2.90. The van der Waals surface area contributed by atoms with Gasteiger partial charge in [-0.1, -0.05) is 17.3 Å². The second kappa shape index (κ2) is 7.71. The summed E-state index contributed by atoms with van der Waals surface area (Å²) in [6.07, 6.45) is 1.80. The number of ether oxygens (including phenoxy) is 1. The zero-order valence-corrected chi connectivity index (χ0v) is 14.4. The smallest absolute Gasteiger partial charge is 0.272 e. The molecule has 1 aromatic heterocycles. The lowest BCUT2D eigenvalue weighted by molar-refractivity contribution is -0.385. The predicted octanol–water partition coefficient (Wildman–Crippen LogP) is 3.03. The molecule has 1 aromatic carbocycles. The minimum absolute atomic E-state index is 0.0654. The van der Waals surface area contributed by atoms with Crippen molar-refractivity contribution in [1.29, 1.82) is 0 Å². The molecule has 0 aliphatic carbocycles. The van der Waals surface area contributed by atoms with Crippen molar-refractivity contribution in [3.05, 3.63) is 51.2 Å². The normalized spacial score (nSPS) is 16.7. The average Bonchev–Trinajstić information content (AvgIpc) is 3.09. The summed E-state index contributed by atoms with van der Waals surface area (Å²) in [7, 11) is 0. The fourth-order valence-corrected chi connectivity index (χ4v) is 2.90. The Balaban J connectivity index is 1.60. The van der Waals surface area contributed by atoms with Crippen LogP contribution in [0.25, 0.3) is 0 Å². The van der Waals surface area contributed by atoms with Crippen LogP contribution < -0.4 is 5.32 Å². The Morgan fingerprint density at radius 1 is 1.40 bits per heavy atom. The summed E-state index contributed by atoms with van der Waals surface area (Å²) in [5.41, 5.74) is 1.64. The molecule has 2 heterocycles. The average molecular weight is 346 g/mol. The largest absolute Gasteiger partial charge is 0.381 e. The van der Waals surface area contributed by atoms with Gasteiger partial charge in [-0.25, -0.2) is 0 Å². The van der Waals surface area contributed by atoms with Gasteiger partial charge in [-0.2, -0.15) is 4.98 Å². The van der Waals surface area contributed by atoms with Gasteiger partial charge in [0.1, 0.15) is 0 Å². The highest BCUT2D eigenvalue weighted by molar-refractivity contribution is 5.43. The number of hydrogen-bond donors (Lipinski definition) is 1. The molecule has 1 aliphatic rings. The molecule has 8 heteroatoms. The van der Waals surface area contributed by atoms with E-state index in [2.05, 4.69) is 15.5 Å². The lowest BCUT2D eigenvalue weighted by Gasteiger charge is -2.18. The van der Waals surface area contributed by atoms with Crippen molar-refractivity contribution in [2.45, 2.75) is 45.2 Å². The molecule has 1 saturated heterocycles. The van der Waals surface area contributed by atoms with Gasteiger partial charge >= 0.3 is 0 Å². The van der Waals surface area contributed by atoms with Crippen molar-refractivity contribution in [3.8, 4) is 0 Å². The zero-order valence-electron chi connectivity index (χ0n) is 14.4. The molecule has 134 valence electrons. The second-order valence-electron chi connectivity index (χ2n) is 6.34. The minimum atomic E-state index is -0.356. The van der Waals surface area contributed by atoms with Gasteiger partial charge in [0, 0.05) is 36.8 Å². The highest BCUT2D eigenvalue weighted by Crippen LogP contribution is 2.26. The molecule has 0 spiro atoms. The second-order valence-corrected chi connectivity index (χ2v) is 6.34. The topological polar surface area (TPSA) is 103 Å². The molecule has 1 atom stereocenters. The quantitative estimate of drug-likeness (QED) is 0.633. The van der Waals surface area contributed by atoms with Crippen LogP contribution in [-0.4, -0.2) is 28.3 Å². The number of aromatic nitrogens is 2. The van der Waals surface area contributed by atoms with E-state index >= 15 is 0 Å². The third kappa shape index (κ3) is 4.21. The fraction of sp³-hybridized carbons (Fsp3) is 0.529.